The van der Waals surface area contributed by atoms with Gasteiger partial charge in [-0.1, -0.05) is 12.1 Å². The van der Waals surface area contributed by atoms with E-state index in [1.165, 1.54) is 6.20 Å². The van der Waals surface area contributed by atoms with Gasteiger partial charge in [0.25, 0.3) is 0 Å². The van der Waals surface area contributed by atoms with Crippen LogP contribution in [0.5, 0.6) is 0 Å². The number of Topliss-reactive ketones (excluding diaryl/α,β-unsaturated/α-hetero) is 1. The second kappa shape index (κ2) is 6.37. The highest BCUT2D eigenvalue weighted by atomic mass is 16.5. The Labute approximate surface area is 95.8 Å². The minimum absolute atomic E-state index is 0.0855. The van der Waals surface area contributed by atoms with Crippen LogP contribution in [0, 0.1) is 0 Å². The molecule has 0 N–H and O–H groups in total. The standard InChI is InChI=1S/C11H19N3O2/c1-4-7-14-10(8-12-13-14)11(15)6-5-9(2)16-3/h8-9H,4-7H2,1-3H3. The lowest BCUT2D eigenvalue weighted by Crippen LogP contribution is -2.13. The summed E-state index contributed by atoms with van der Waals surface area (Å²) >= 11 is 0. The average Bonchev–Trinajstić information content (AvgIpc) is 2.74. The minimum Gasteiger partial charge on any atom is -0.382 e. The fourth-order valence-electron chi connectivity index (χ4n) is 1.43. The third kappa shape index (κ3) is 3.41. The highest BCUT2D eigenvalue weighted by Gasteiger charge is 2.13. The van der Waals surface area contributed by atoms with Crippen molar-refractivity contribution in [2.75, 3.05) is 7.11 Å². The van der Waals surface area contributed by atoms with E-state index in [0.717, 1.165) is 19.4 Å². The number of carbonyl (C=O) groups excluding carboxylic acids is 1. The fourth-order valence-corrected chi connectivity index (χ4v) is 1.43. The maximum atomic E-state index is 11.9. The first-order chi connectivity index (χ1) is 7.69. The zero-order valence-corrected chi connectivity index (χ0v) is 10.1. The van der Waals surface area contributed by atoms with Crippen LogP contribution >= 0.6 is 0 Å². The molecule has 1 aromatic heterocycles. The van der Waals surface area contributed by atoms with Crippen molar-refractivity contribution in [3.63, 3.8) is 0 Å². The Bertz CT molecular complexity index is 336. The summed E-state index contributed by atoms with van der Waals surface area (Å²) in [6.45, 7) is 4.73. The van der Waals surface area contributed by atoms with Gasteiger partial charge in [0.2, 0.25) is 0 Å². The van der Waals surface area contributed by atoms with Gasteiger partial charge < -0.3 is 4.74 Å². The molecular weight excluding hydrogens is 206 g/mol. The Morgan fingerprint density at radius 1 is 1.62 bits per heavy atom. The normalized spacial score (nSPS) is 12.7. The van der Waals surface area contributed by atoms with Gasteiger partial charge in [-0.2, -0.15) is 0 Å². The topological polar surface area (TPSA) is 57.0 Å². The Morgan fingerprint density at radius 3 is 3.00 bits per heavy atom. The molecule has 0 aliphatic rings. The lowest BCUT2D eigenvalue weighted by molar-refractivity contribution is 0.0869. The summed E-state index contributed by atoms with van der Waals surface area (Å²) in [6.07, 6.45) is 3.80. The number of hydrogen-bond donors (Lipinski definition) is 0. The van der Waals surface area contributed by atoms with Crippen molar-refractivity contribution in [3.05, 3.63) is 11.9 Å². The predicted molar refractivity (Wildman–Crippen MR) is 60.3 cm³/mol. The smallest absolute Gasteiger partial charge is 0.182 e. The van der Waals surface area contributed by atoms with Crippen LogP contribution in [0.4, 0.5) is 0 Å². The number of nitrogens with zero attached hydrogens (tertiary/aromatic N) is 3. The van der Waals surface area contributed by atoms with Gasteiger partial charge in [0.05, 0.1) is 12.3 Å². The monoisotopic (exact) mass is 225 g/mol. The van der Waals surface area contributed by atoms with Crippen LogP contribution in [0.2, 0.25) is 0 Å². The Hall–Kier alpha value is -1.23. The number of carbonyl (C=O) groups is 1. The van der Waals surface area contributed by atoms with Crippen LogP contribution in [0.1, 0.15) is 43.6 Å². The number of aromatic nitrogens is 3. The molecule has 5 heteroatoms. The van der Waals surface area contributed by atoms with E-state index in [2.05, 4.69) is 10.3 Å². The summed E-state index contributed by atoms with van der Waals surface area (Å²) in [5, 5.41) is 7.66. The molecule has 0 saturated heterocycles. The molecule has 0 aliphatic heterocycles. The van der Waals surface area contributed by atoms with Crippen LogP contribution in [0.15, 0.2) is 6.20 Å². The molecule has 0 radical (unpaired) electrons. The van der Waals surface area contributed by atoms with Crippen molar-refractivity contribution in [3.8, 4) is 0 Å². The van der Waals surface area contributed by atoms with E-state index >= 15 is 0 Å². The first kappa shape index (κ1) is 12.8. The van der Waals surface area contributed by atoms with Crippen LogP contribution in [-0.2, 0) is 11.3 Å². The predicted octanol–water partition coefficient (Wildman–Crippen LogP) is 1.69. The molecule has 0 saturated carbocycles. The number of ketones is 1. The Kier molecular flexibility index (Phi) is 5.11. The first-order valence-corrected chi connectivity index (χ1v) is 5.63. The highest BCUT2D eigenvalue weighted by molar-refractivity contribution is 5.94. The van der Waals surface area contributed by atoms with Gasteiger partial charge in [0, 0.05) is 20.1 Å². The van der Waals surface area contributed by atoms with Crippen molar-refractivity contribution in [1.82, 2.24) is 15.0 Å². The largest absolute Gasteiger partial charge is 0.382 e. The van der Waals surface area contributed by atoms with Crippen molar-refractivity contribution in [1.29, 1.82) is 0 Å². The molecule has 0 bridgehead atoms. The number of methoxy groups -OCH3 is 1. The number of ether oxygens (including phenoxy) is 1. The van der Waals surface area contributed by atoms with Crippen LogP contribution in [0.25, 0.3) is 0 Å². The third-order valence-electron chi connectivity index (χ3n) is 2.52. The average molecular weight is 225 g/mol. The van der Waals surface area contributed by atoms with Crippen molar-refractivity contribution in [2.45, 2.75) is 45.8 Å². The molecule has 16 heavy (non-hydrogen) atoms. The van der Waals surface area contributed by atoms with E-state index in [1.807, 2.05) is 13.8 Å². The van der Waals surface area contributed by atoms with Crippen LogP contribution < -0.4 is 0 Å². The van der Waals surface area contributed by atoms with Crippen molar-refractivity contribution < 1.29 is 9.53 Å². The van der Waals surface area contributed by atoms with E-state index in [-0.39, 0.29) is 11.9 Å². The van der Waals surface area contributed by atoms with E-state index in [4.69, 9.17) is 4.74 Å². The molecule has 1 aromatic rings. The second-order valence-electron chi connectivity index (χ2n) is 3.85. The molecule has 1 rings (SSSR count). The SMILES string of the molecule is CCCn1nncc1C(=O)CCC(C)OC. The summed E-state index contributed by atoms with van der Waals surface area (Å²) < 4.78 is 6.77. The lowest BCUT2D eigenvalue weighted by Gasteiger charge is -2.08. The zero-order chi connectivity index (χ0) is 12.0. The first-order valence-electron chi connectivity index (χ1n) is 5.63. The van der Waals surface area contributed by atoms with Crippen molar-refractivity contribution >= 4 is 5.78 Å². The Balaban J connectivity index is 2.55. The van der Waals surface area contributed by atoms with E-state index in [9.17, 15) is 4.79 Å². The number of aryl methyl sites for hydroxylation is 1. The molecule has 0 aromatic carbocycles. The molecule has 1 unspecified atom stereocenters. The van der Waals surface area contributed by atoms with Gasteiger partial charge in [-0.25, -0.2) is 4.68 Å². The Morgan fingerprint density at radius 2 is 2.38 bits per heavy atom. The van der Waals surface area contributed by atoms with Gasteiger partial charge in [-0.05, 0) is 19.8 Å². The molecule has 0 spiro atoms. The molecule has 0 aliphatic carbocycles. The summed E-state index contributed by atoms with van der Waals surface area (Å²) in [7, 11) is 1.65. The zero-order valence-electron chi connectivity index (χ0n) is 10.1. The molecule has 1 atom stereocenters. The lowest BCUT2D eigenvalue weighted by atomic mass is 10.1. The van der Waals surface area contributed by atoms with Crippen molar-refractivity contribution in [2.24, 2.45) is 0 Å². The molecule has 0 amide bonds. The van der Waals surface area contributed by atoms with E-state index < -0.39 is 0 Å². The summed E-state index contributed by atoms with van der Waals surface area (Å²) in [5.41, 5.74) is 0.602. The maximum Gasteiger partial charge on any atom is 0.182 e. The highest BCUT2D eigenvalue weighted by Crippen LogP contribution is 2.07. The van der Waals surface area contributed by atoms with Gasteiger partial charge in [0.15, 0.2) is 5.78 Å². The van der Waals surface area contributed by atoms with E-state index in [0.29, 0.717) is 12.1 Å². The molecule has 0 fully saturated rings. The fraction of sp³-hybridized carbons (Fsp3) is 0.727. The summed E-state index contributed by atoms with van der Waals surface area (Å²) in [5.74, 6) is 0.0855. The summed E-state index contributed by atoms with van der Waals surface area (Å²) in [4.78, 5) is 11.9. The third-order valence-corrected chi connectivity index (χ3v) is 2.52. The molecule has 1 heterocycles. The molecular formula is C11H19N3O2. The summed E-state index contributed by atoms with van der Waals surface area (Å²) in [6, 6.07) is 0. The van der Waals surface area contributed by atoms with Crippen LogP contribution in [-0.4, -0.2) is 34.0 Å². The number of hydrogen-bond acceptors (Lipinski definition) is 4. The van der Waals surface area contributed by atoms with Gasteiger partial charge in [0.1, 0.15) is 5.69 Å². The quantitative estimate of drug-likeness (QED) is 0.662. The van der Waals surface area contributed by atoms with Crippen LogP contribution in [0.3, 0.4) is 0 Å². The maximum absolute atomic E-state index is 11.9. The molecule has 90 valence electrons. The van der Waals surface area contributed by atoms with Gasteiger partial charge in [-0.15, -0.1) is 5.10 Å². The van der Waals surface area contributed by atoms with Gasteiger partial charge >= 0.3 is 0 Å². The van der Waals surface area contributed by atoms with Gasteiger partial charge in [-0.3, -0.25) is 4.79 Å². The minimum atomic E-state index is 0.0855. The second-order valence-corrected chi connectivity index (χ2v) is 3.85. The number of rotatable bonds is 7. The van der Waals surface area contributed by atoms with E-state index in [1.54, 1.807) is 11.8 Å². The molecule has 5 nitrogen and oxygen atoms in total.